The number of rotatable bonds is 3. The van der Waals surface area contributed by atoms with Gasteiger partial charge in [0.1, 0.15) is 5.75 Å². The first-order chi connectivity index (χ1) is 7.69. The molecule has 0 amide bonds. The standard InChI is InChI=1S/C9H6Cl2N2OS2/c1-15-8-12-9(16-13-8)14-7-4-5(10)2-3-6(7)11/h2-4H,1H3. The van der Waals surface area contributed by atoms with Crippen molar-refractivity contribution in [2.24, 2.45) is 0 Å². The van der Waals surface area contributed by atoms with Gasteiger partial charge in [0.05, 0.1) is 5.02 Å². The fourth-order valence-corrected chi connectivity index (χ4v) is 2.38. The zero-order chi connectivity index (χ0) is 11.5. The number of hydrogen-bond acceptors (Lipinski definition) is 5. The second-order valence-corrected chi connectivity index (χ2v) is 5.06. The second kappa shape index (κ2) is 5.23. The first-order valence-electron chi connectivity index (χ1n) is 4.19. The van der Waals surface area contributed by atoms with Crippen LogP contribution in [0, 0.1) is 0 Å². The van der Waals surface area contributed by atoms with Crippen molar-refractivity contribution in [2.45, 2.75) is 5.16 Å². The van der Waals surface area contributed by atoms with Crippen LogP contribution < -0.4 is 4.74 Å². The van der Waals surface area contributed by atoms with E-state index in [0.717, 1.165) is 0 Å². The molecule has 0 N–H and O–H groups in total. The zero-order valence-corrected chi connectivity index (χ0v) is 11.3. The van der Waals surface area contributed by atoms with Gasteiger partial charge >= 0.3 is 0 Å². The van der Waals surface area contributed by atoms with Gasteiger partial charge in [0.15, 0.2) is 0 Å². The summed E-state index contributed by atoms with van der Waals surface area (Å²) in [5.41, 5.74) is 0. The van der Waals surface area contributed by atoms with E-state index in [0.29, 0.717) is 26.1 Å². The van der Waals surface area contributed by atoms with Crippen LogP contribution in [0.4, 0.5) is 0 Å². The highest BCUT2D eigenvalue weighted by Gasteiger charge is 2.08. The van der Waals surface area contributed by atoms with Gasteiger partial charge in [0, 0.05) is 22.6 Å². The minimum atomic E-state index is 0.452. The van der Waals surface area contributed by atoms with Crippen LogP contribution in [-0.4, -0.2) is 15.6 Å². The summed E-state index contributed by atoms with van der Waals surface area (Å²) < 4.78 is 9.56. The highest BCUT2D eigenvalue weighted by molar-refractivity contribution is 7.98. The van der Waals surface area contributed by atoms with Crippen LogP contribution in [-0.2, 0) is 0 Å². The molecule has 0 saturated heterocycles. The van der Waals surface area contributed by atoms with Crippen molar-refractivity contribution >= 4 is 46.5 Å². The Morgan fingerprint density at radius 1 is 1.38 bits per heavy atom. The van der Waals surface area contributed by atoms with Gasteiger partial charge in [0.2, 0.25) is 5.16 Å². The number of hydrogen-bond donors (Lipinski definition) is 0. The maximum absolute atomic E-state index is 5.95. The quantitative estimate of drug-likeness (QED) is 0.788. The van der Waals surface area contributed by atoms with E-state index in [1.165, 1.54) is 23.3 Å². The van der Waals surface area contributed by atoms with E-state index in [1.807, 2.05) is 6.26 Å². The molecule has 1 aromatic heterocycles. The van der Waals surface area contributed by atoms with Gasteiger partial charge in [0.25, 0.3) is 5.19 Å². The Labute approximate surface area is 111 Å². The molecular formula is C9H6Cl2N2OS2. The second-order valence-electron chi connectivity index (χ2n) is 2.72. The van der Waals surface area contributed by atoms with Gasteiger partial charge in [-0.25, -0.2) is 0 Å². The molecule has 0 spiro atoms. The monoisotopic (exact) mass is 292 g/mol. The highest BCUT2D eigenvalue weighted by Crippen LogP contribution is 2.33. The molecule has 0 aliphatic carbocycles. The maximum atomic E-state index is 5.95. The molecule has 2 aromatic rings. The molecule has 1 heterocycles. The van der Waals surface area contributed by atoms with E-state index in [2.05, 4.69) is 9.36 Å². The third kappa shape index (κ3) is 2.79. The molecule has 0 fully saturated rings. The molecule has 2 rings (SSSR count). The molecule has 0 atom stereocenters. The summed E-state index contributed by atoms with van der Waals surface area (Å²) in [6.45, 7) is 0. The number of benzene rings is 1. The Balaban J connectivity index is 2.22. The van der Waals surface area contributed by atoms with Crippen LogP contribution in [0.15, 0.2) is 23.4 Å². The van der Waals surface area contributed by atoms with Crippen LogP contribution in [0.25, 0.3) is 0 Å². The van der Waals surface area contributed by atoms with E-state index in [9.17, 15) is 0 Å². The van der Waals surface area contributed by atoms with Crippen molar-refractivity contribution in [3.63, 3.8) is 0 Å². The van der Waals surface area contributed by atoms with E-state index in [-0.39, 0.29) is 0 Å². The lowest BCUT2D eigenvalue weighted by molar-refractivity contribution is 0.476. The fourth-order valence-electron chi connectivity index (χ4n) is 0.971. The molecule has 0 saturated carbocycles. The first-order valence-corrected chi connectivity index (χ1v) is 6.95. The summed E-state index contributed by atoms with van der Waals surface area (Å²) in [6.07, 6.45) is 1.90. The summed E-state index contributed by atoms with van der Waals surface area (Å²) in [5.74, 6) is 0.484. The molecular weight excluding hydrogens is 287 g/mol. The van der Waals surface area contributed by atoms with Crippen molar-refractivity contribution in [3.05, 3.63) is 28.2 Å². The number of aromatic nitrogens is 2. The molecule has 0 bridgehead atoms. The number of nitrogens with zero attached hydrogens (tertiary/aromatic N) is 2. The minimum absolute atomic E-state index is 0.452. The van der Waals surface area contributed by atoms with Gasteiger partial charge in [-0.15, -0.1) is 0 Å². The van der Waals surface area contributed by atoms with E-state index in [1.54, 1.807) is 18.2 Å². The molecule has 0 aliphatic rings. The molecule has 7 heteroatoms. The molecule has 84 valence electrons. The van der Waals surface area contributed by atoms with Crippen molar-refractivity contribution in [1.29, 1.82) is 0 Å². The predicted octanol–water partition coefficient (Wildman–Crippen LogP) is 4.36. The SMILES string of the molecule is CSc1nsc(Oc2cc(Cl)ccc2Cl)n1. The van der Waals surface area contributed by atoms with Crippen LogP contribution in [0.5, 0.6) is 10.9 Å². The van der Waals surface area contributed by atoms with E-state index >= 15 is 0 Å². The Kier molecular flexibility index (Phi) is 3.91. The Bertz CT molecular complexity index is 504. The van der Waals surface area contributed by atoms with Gasteiger partial charge in [-0.05, 0) is 18.4 Å². The summed E-state index contributed by atoms with van der Waals surface area (Å²) >= 11 is 14.4. The summed E-state index contributed by atoms with van der Waals surface area (Å²) in [4.78, 5) is 4.14. The molecule has 3 nitrogen and oxygen atoms in total. The lowest BCUT2D eigenvalue weighted by Gasteiger charge is -2.03. The molecule has 16 heavy (non-hydrogen) atoms. The van der Waals surface area contributed by atoms with Crippen LogP contribution in [0.3, 0.4) is 0 Å². The van der Waals surface area contributed by atoms with E-state index in [4.69, 9.17) is 27.9 Å². The topological polar surface area (TPSA) is 35.0 Å². The summed E-state index contributed by atoms with van der Waals surface area (Å²) in [5, 5.41) is 2.19. The lowest BCUT2D eigenvalue weighted by Crippen LogP contribution is -1.84. The van der Waals surface area contributed by atoms with Gasteiger partial charge in [-0.2, -0.15) is 9.36 Å². The van der Waals surface area contributed by atoms with Crippen molar-refractivity contribution in [1.82, 2.24) is 9.36 Å². The Hall–Kier alpha value is -0.490. The number of halogens is 2. The fraction of sp³-hybridized carbons (Fsp3) is 0.111. The third-order valence-corrected chi connectivity index (χ3v) is 3.47. The van der Waals surface area contributed by atoms with Gasteiger partial charge < -0.3 is 4.74 Å². The lowest BCUT2D eigenvalue weighted by atomic mass is 10.3. The minimum Gasteiger partial charge on any atom is -0.428 e. The maximum Gasteiger partial charge on any atom is 0.299 e. The average Bonchev–Trinajstić information content (AvgIpc) is 2.71. The summed E-state index contributed by atoms with van der Waals surface area (Å²) in [7, 11) is 0. The van der Waals surface area contributed by atoms with Crippen molar-refractivity contribution < 1.29 is 4.74 Å². The Morgan fingerprint density at radius 2 is 2.19 bits per heavy atom. The van der Waals surface area contributed by atoms with Crippen molar-refractivity contribution in [2.75, 3.05) is 6.26 Å². The predicted molar refractivity (Wildman–Crippen MR) is 68.2 cm³/mol. The van der Waals surface area contributed by atoms with Crippen LogP contribution in [0.1, 0.15) is 0 Å². The Morgan fingerprint density at radius 3 is 2.88 bits per heavy atom. The average molecular weight is 293 g/mol. The molecule has 0 radical (unpaired) electrons. The molecule has 0 unspecified atom stereocenters. The number of thioether (sulfide) groups is 1. The number of ether oxygens (including phenoxy) is 1. The normalized spacial score (nSPS) is 10.4. The van der Waals surface area contributed by atoms with Gasteiger partial charge in [-0.1, -0.05) is 35.0 Å². The van der Waals surface area contributed by atoms with Crippen LogP contribution in [0.2, 0.25) is 10.0 Å². The first kappa shape index (κ1) is 12.0. The molecule has 0 aliphatic heterocycles. The van der Waals surface area contributed by atoms with Gasteiger partial charge in [-0.3, -0.25) is 0 Å². The smallest absolute Gasteiger partial charge is 0.299 e. The zero-order valence-electron chi connectivity index (χ0n) is 8.11. The van der Waals surface area contributed by atoms with Crippen molar-refractivity contribution in [3.8, 4) is 10.9 Å². The largest absolute Gasteiger partial charge is 0.428 e. The summed E-state index contributed by atoms with van der Waals surface area (Å²) in [6, 6.07) is 5.02. The van der Waals surface area contributed by atoms with E-state index < -0.39 is 0 Å². The van der Waals surface area contributed by atoms with Crippen LogP contribution >= 0.6 is 46.5 Å². The molecule has 1 aromatic carbocycles. The third-order valence-electron chi connectivity index (χ3n) is 1.66. The highest BCUT2D eigenvalue weighted by atomic mass is 35.5.